The number of amides is 1. The van der Waals surface area contributed by atoms with E-state index in [0.717, 1.165) is 0 Å². The molecule has 19 heavy (non-hydrogen) atoms. The molecule has 0 aliphatic rings. The summed E-state index contributed by atoms with van der Waals surface area (Å²) in [6, 6.07) is 5.50. The molecule has 1 aromatic carbocycles. The zero-order chi connectivity index (χ0) is 14.6. The van der Waals surface area contributed by atoms with Gasteiger partial charge in [0.2, 0.25) is 0 Å². The van der Waals surface area contributed by atoms with Gasteiger partial charge >= 0.3 is 5.97 Å². The third-order valence-electron chi connectivity index (χ3n) is 2.88. The van der Waals surface area contributed by atoms with Crippen molar-refractivity contribution in [3.63, 3.8) is 0 Å². The van der Waals surface area contributed by atoms with Crippen molar-refractivity contribution in [1.29, 1.82) is 0 Å². The molecule has 104 valence electrons. The first-order valence-electron chi connectivity index (χ1n) is 6.13. The van der Waals surface area contributed by atoms with Gasteiger partial charge < -0.3 is 10.0 Å². The van der Waals surface area contributed by atoms with E-state index in [4.69, 9.17) is 5.11 Å². The number of benzene rings is 1. The van der Waals surface area contributed by atoms with E-state index in [1.807, 2.05) is 0 Å². The molecule has 0 aliphatic heterocycles. The molecule has 0 aromatic heterocycles. The number of carboxylic acid groups (broad SMARTS) is 1. The van der Waals surface area contributed by atoms with Crippen LogP contribution < -0.4 is 0 Å². The maximum atomic E-state index is 13.6. The second-order valence-corrected chi connectivity index (χ2v) is 4.77. The molecule has 1 N–H and O–H groups in total. The van der Waals surface area contributed by atoms with E-state index in [2.05, 4.69) is 0 Å². The number of hydrogen-bond donors (Lipinski definition) is 1. The molecule has 1 aromatic rings. The van der Waals surface area contributed by atoms with E-state index in [1.54, 1.807) is 19.9 Å². The van der Waals surface area contributed by atoms with Gasteiger partial charge in [0.1, 0.15) is 5.82 Å². The molecule has 1 rings (SSSR count). The van der Waals surface area contributed by atoms with E-state index < -0.39 is 23.6 Å². The maximum absolute atomic E-state index is 13.6. The van der Waals surface area contributed by atoms with E-state index in [1.165, 1.54) is 30.0 Å². The molecule has 4 nitrogen and oxygen atoms in total. The Morgan fingerprint density at radius 1 is 1.26 bits per heavy atom. The van der Waals surface area contributed by atoms with E-state index in [0.29, 0.717) is 0 Å². The molecule has 0 heterocycles. The van der Waals surface area contributed by atoms with Crippen LogP contribution in [0.1, 0.15) is 31.1 Å². The molecule has 0 aliphatic carbocycles. The molecule has 0 radical (unpaired) electrons. The topological polar surface area (TPSA) is 57.6 Å². The van der Waals surface area contributed by atoms with Gasteiger partial charge in [-0.3, -0.25) is 9.59 Å². The van der Waals surface area contributed by atoms with Gasteiger partial charge in [0.15, 0.2) is 0 Å². The van der Waals surface area contributed by atoms with Crippen molar-refractivity contribution in [3.05, 3.63) is 35.6 Å². The molecule has 1 atom stereocenters. The van der Waals surface area contributed by atoms with Crippen molar-refractivity contribution in [2.45, 2.75) is 26.8 Å². The van der Waals surface area contributed by atoms with Crippen LogP contribution >= 0.6 is 0 Å². The number of carbonyl (C=O) groups is 2. The van der Waals surface area contributed by atoms with Crippen LogP contribution in [0.3, 0.4) is 0 Å². The third kappa shape index (κ3) is 3.77. The number of aliphatic carboxylic acids is 1. The van der Waals surface area contributed by atoms with Crippen LogP contribution in [0, 0.1) is 11.7 Å². The summed E-state index contributed by atoms with van der Waals surface area (Å²) < 4.78 is 13.6. The lowest BCUT2D eigenvalue weighted by atomic mass is 10.1. The zero-order valence-corrected chi connectivity index (χ0v) is 11.3. The second-order valence-electron chi connectivity index (χ2n) is 4.77. The lowest BCUT2D eigenvalue weighted by molar-refractivity contribution is -0.141. The van der Waals surface area contributed by atoms with Crippen LogP contribution in [-0.2, 0) is 4.79 Å². The number of hydrogen-bond acceptors (Lipinski definition) is 2. The van der Waals surface area contributed by atoms with Gasteiger partial charge in [0.25, 0.3) is 5.91 Å². The van der Waals surface area contributed by atoms with E-state index in [9.17, 15) is 14.0 Å². The van der Waals surface area contributed by atoms with Gasteiger partial charge in [0, 0.05) is 12.6 Å². The summed E-state index contributed by atoms with van der Waals surface area (Å²) in [4.78, 5) is 24.5. The molecule has 0 fully saturated rings. The summed E-state index contributed by atoms with van der Waals surface area (Å²) in [6.45, 7) is 5.12. The minimum Gasteiger partial charge on any atom is -0.481 e. The minimum atomic E-state index is -0.980. The van der Waals surface area contributed by atoms with Crippen LogP contribution in [0.2, 0.25) is 0 Å². The Balaban J connectivity index is 2.97. The fraction of sp³-hybridized carbons (Fsp3) is 0.429. The first-order chi connectivity index (χ1) is 8.84. The van der Waals surface area contributed by atoms with Gasteiger partial charge in [0.05, 0.1) is 11.5 Å². The number of rotatable bonds is 5. The van der Waals surface area contributed by atoms with Crippen molar-refractivity contribution < 1.29 is 19.1 Å². The van der Waals surface area contributed by atoms with Crippen molar-refractivity contribution in [3.8, 4) is 0 Å². The monoisotopic (exact) mass is 267 g/mol. The molecule has 0 saturated carbocycles. The van der Waals surface area contributed by atoms with E-state index >= 15 is 0 Å². The molecule has 0 bridgehead atoms. The fourth-order valence-corrected chi connectivity index (χ4v) is 1.69. The third-order valence-corrected chi connectivity index (χ3v) is 2.88. The highest BCUT2D eigenvalue weighted by atomic mass is 19.1. The quantitative estimate of drug-likeness (QED) is 0.891. The van der Waals surface area contributed by atoms with Crippen LogP contribution in [-0.4, -0.2) is 34.5 Å². The lowest BCUT2D eigenvalue weighted by Crippen LogP contribution is -2.41. The summed E-state index contributed by atoms with van der Waals surface area (Å²) in [6.07, 6.45) is 0. The summed E-state index contributed by atoms with van der Waals surface area (Å²) >= 11 is 0. The average molecular weight is 267 g/mol. The van der Waals surface area contributed by atoms with Crippen molar-refractivity contribution in [2.75, 3.05) is 6.54 Å². The van der Waals surface area contributed by atoms with Crippen molar-refractivity contribution in [2.24, 2.45) is 5.92 Å². The zero-order valence-electron chi connectivity index (χ0n) is 11.3. The summed E-state index contributed by atoms with van der Waals surface area (Å²) in [7, 11) is 0. The predicted octanol–water partition coefficient (Wildman–Crippen LogP) is 2.40. The molecule has 1 unspecified atom stereocenters. The van der Waals surface area contributed by atoms with E-state index in [-0.39, 0.29) is 18.2 Å². The highest BCUT2D eigenvalue weighted by molar-refractivity contribution is 5.94. The van der Waals surface area contributed by atoms with Crippen LogP contribution in [0.4, 0.5) is 4.39 Å². The van der Waals surface area contributed by atoms with Gasteiger partial charge in [-0.15, -0.1) is 0 Å². The Labute approximate surface area is 111 Å². The van der Waals surface area contributed by atoms with Gasteiger partial charge in [-0.1, -0.05) is 19.1 Å². The Hall–Kier alpha value is -1.91. The van der Waals surface area contributed by atoms with Crippen LogP contribution in [0.5, 0.6) is 0 Å². The Morgan fingerprint density at radius 3 is 2.32 bits per heavy atom. The number of carboxylic acids is 1. The molecule has 5 heteroatoms. The van der Waals surface area contributed by atoms with Crippen molar-refractivity contribution >= 4 is 11.9 Å². The normalized spacial score (nSPS) is 12.3. The smallest absolute Gasteiger partial charge is 0.308 e. The maximum Gasteiger partial charge on any atom is 0.308 e. The summed E-state index contributed by atoms with van der Waals surface area (Å²) in [5.41, 5.74) is -0.0335. The molecule has 0 spiro atoms. The highest BCUT2D eigenvalue weighted by Crippen LogP contribution is 2.14. The first-order valence-corrected chi connectivity index (χ1v) is 6.13. The molecular weight excluding hydrogens is 249 g/mol. The SMILES string of the molecule is CC(CN(C(=O)c1ccccc1F)C(C)C)C(=O)O. The Morgan fingerprint density at radius 2 is 1.84 bits per heavy atom. The Kier molecular flexibility index (Phi) is 5.03. The van der Waals surface area contributed by atoms with Gasteiger partial charge in [-0.2, -0.15) is 0 Å². The lowest BCUT2D eigenvalue weighted by Gasteiger charge is -2.28. The molecule has 1 amide bonds. The first kappa shape index (κ1) is 15.1. The number of halogens is 1. The standard InChI is InChI=1S/C14H18FNO3/c1-9(2)16(8-10(3)14(18)19)13(17)11-6-4-5-7-12(11)15/h4-7,9-10H,8H2,1-3H3,(H,18,19). The summed E-state index contributed by atoms with van der Waals surface area (Å²) in [5.74, 6) is -2.76. The summed E-state index contributed by atoms with van der Waals surface area (Å²) in [5, 5.41) is 8.91. The number of nitrogens with zero attached hydrogens (tertiary/aromatic N) is 1. The largest absolute Gasteiger partial charge is 0.481 e. The number of carbonyl (C=O) groups excluding carboxylic acids is 1. The second kappa shape index (κ2) is 6.31. The minimum absolute atomic E-state index is 0.0335. The van der Waals surface area contributed by atoms with Crippen LogP contribution in [0.25, 0.3) is 0 Å². The fourth-order valence-electron chi connectivity index (χ4n) is 1.69. The predicted molar refractivity (Wildman–Crippen MR) is 69.4 cm³/mol. The van der Waals surface area contributed by atoms with Gasteiger partial charge in [-0.25, -0.2) is 4.39 Å². The average Bonchev–Trinajstić information content (AvgIpc) is 2.34. The van der Waals surface area contributed by atoms with Crippen LogP contribution in [0.15, 0.2) is 24.3 Å². The van der Waals surface area contributed by atoms with Gasteiger partial charge in [-0.05, 0) is 26.0 Å². The molecular formula is C14H18FNO3. The van der Waals surface area contributed by atoms with Crippen molar-refractivity contribution in [1.82, 2.24) is 4.90 Å². The molecule has 0 saturated heterocycles. The highest BCUT2D eigenvalue weighted by Gasteiger charge is 2.25. The Bertz CT molecular complexity index is 474.